The summed E-state index contributed by atoms with van der Waals surface area (Å²) >= 11 is 0. The van der Waals surface area contributed by atoms with Gasteiger partial charge in [0.05, 0.1) is 18.5 Å². The van der Waals surface area contributed by atoms with Crippen molar-refractivity contribution in [2.24, 2.45) is 0 Å². The quantitative estimate of drug-likeness (QED) is 0.851. The Labute approximate surface area is 111 Å². The van der Waals surface area contributed by atoms with Crippen molar-refractivity contribution < 1.29 is 4.74 Å². The molecule has 102 valence electrons. The molecule has 1 unspecified atom stereocenters. The lowest BCUT2D eigenvalue weighted by atomic mass is 10.2. The molecule has 0 aromatic carbocycles. The molecule has 2 aromatic heterocycles. The minimum absolute atomic E-state index is 0.0538. The fraction of sp³-hybridized carbons (Fsp3) is 0.583. The number of nitrogens with zero attached hydrogens (tertiary/aromatic N) is 4. The molecule has 2 aromatic rings. The maximum absolute atomic E-state index is 5.74. The third kappa shape index (κ3) is 2.66. The second-order valence-electron chi connectivity index (χ2n) is 4.91. The third-order valence-electron chi connectivity index (χ3n) is 3.37. The van der Waals surface area contributed by atoms with Crippen LogP contribution < -0.4 is 0 Å². The van der Waals surface area contributed by atoms with Crippen molar-refractivity contribution in [3.05, 3.63) is 29.1 Å². The largest absolute Gasteiger partial charge is 0.367 e. The molecule has 1 atom stereocenters. The second-order valence-corrected chi connectivity index (χ2v) is 4.91. The van der Waals surface area contributed by atoms with Gasteiger partial charge in [-0.25, -0.2) is 4.98 Å². The zero-order chi connectivity index (χ0) is 13.2. The Morgan fingerprint density at radius 3 is 3.00 bits per heavy atom. The SMILES string of the molecule is Cc1nc(C2CN(Cc3[nH]ncc3C)CCO2)n[nH]1. The molecule has 0 saturated carbocycles. The number of aromatic amines is 2. The number of nitrogens with one attached hydrogen (secondary N) is 2. The van der Waals surface area contributed by atoms with Crippen LogP contribution in [0, 0.1) is 13.8 Å². The molecule has 1 saturated heterocycles. The fourth-order valence-corrected chi connectivity index (χ4v) is 2.26. The van der Waals surface area contributed by atoms with E-state index in [0.717, 1.165) is 37.0 Å². The van der Waals surface area contributed by atoms with Gasteiger partial charge in [-0.3, -0.25) is 15.1 Å². The van der Waals surface area contributed by atoms with E-state index in [9.17, 15) is 0 Å². The van der Waals surface area contributed by atoms with Crippen molar-refractivity contribution in [1.82, 2.24) is 30.3 Å². The summed E-state index contributed by atoms with van der Waals surface area (Å²) in [6.45, 7) is 7.23. The van der Waals surface area contributed by atoms with Gasteiger partial charge in [-0.15, -0.1) is 0 Å². The predicted molar refractivity (Wildman–Crippen MR) is 68.4 cm³/mol. The highest BCUT2D eigenvalue weighted by Gasteiger charge is 2.25. The average molecular weight is 262 g/mol. The first-order valence-electron chi connectivity index (χ1n) is 6.44. The monoisotopic (exact) mass is 262 g/mol. The molecule has 0 aliphatic carbocycles. The minimum atomic E-state index is -0.0538. The van der Waals surface area contributed by atoms with Crippen molar-refractivity contribution in [3.8, 4) is 0 Å². The van der Waals surface area contributed by atoms with Crippen molar-refractivity contribution in [2.75, 3.05) is 19.7 Å². The van der Waals surface area contributed by atoms with Crippen LogP contribution in [0.15, 0.2) is 6.20 Å². The highest BCUT2D eigenvalue weighted by Crippen LogP contribution is 2.20. The van der Waals surface area contributed by atoms with Gasteiger partial charge >= 0.3 is 0 Å². The minimum Gasteiger partial charge on any atom is -0.367 e. The van der Waals surface area contributed by atoms with E-state index in [4.69, 9.17) is 4.74 Å². The normalized spacial score (nSPS) is 20.8. The zero-order valence-corrected chi connectivity index (χ0v) is 11.2. The predicted octanol–water partition coefficient (Wildman–Crippen LogP) is 0.718. The lowest BCUT2D eigenvalue weighted by Gasteiger charge is -2.31. The molecule has 1 aliphatic rings. The van der Waals surface area contributed by atoms with Crippen LogP contribution >= 0.6 is 0 Å². The lowest BCUT2D eigenvalue weighted by Crippen LogP contribution is -2.38. The highest BCUT2D eigenvalue weighted by atomic mass is 16.5. The van der Waals surface area contributed by atoms with Gasteiger partial charge in [0.1, 0.15) is 11.9 Å². The summed E-state index contributed by atoms with van der Waals surface area (Å²) in [7, 11) is 0. The van der Waals surface area contributed by atoms with Gasteiger partial charge in [0.25, 0.3) is 0 Å². The third-order valence-corrected chi connectivity index (χ3v) is 3.37. The molecule has 0 radical (unpaired) electrons. The zero-order valence-electron chi connectivity index (χ0n) is 11.2. The summed E-state index contributed by atoms with van der Waals surface area (Å²) in [6, 6.07) is 0. The van der Waals surface area contributed by atoms with Crippen LogP contribution in [0.4, 0.5) is 0 Å². The molecule has 1 fully saturated rings. The molecular weight excluding hydrogens is 244 g/mol. The number of hydrogen-bond acceptors (Lipinski definition) is 5. The fourth-order valence-electron chi connectivity index (χ4n) is 2.26. The molecule has 19 heavy (non-hydrogen) atoms. The molecule has 1 aliphatic heterocycles. The summed E-state index contributed by atoms with van der Waals surface area (Å²) < 4.78 is 5.74. The smallest absolute Gasteiger partial charge is 0.180 e. The first kappa shape index (κ1) is 12.3. The van der Waals surface area contributed by atoms with E-state index < -0.39 is 0 Å². The molecule has 0 spiro atoms. The first-order chi connectivity index (χ1) is 9.22. The van der Waals surface area contributed by atoms with Crippen LogP contribution in [-0.2, 0) is 11.3 Å². The Kier molecular flexibility index (Phi) is 3.31. The number of hydrogen-bond donors (Lipinski definition) is 2. The Morgan fingerprint density at radius 2 is 2.32 bits per heavy atom. The van der Waals surface area contributed by atoms with Gasteiger partial charge in [-0.2, -0.15) is 10.2 Å². The number of morpholine rings is 1. The van der Waals surface area contributed by atoms with Crippen LogP contribution in [0.1, 0.15) is 29.0 Å². The van der Waals surface area contributed by atoms with Crippen LogP contribution in [0.25, 0.3) is 0 Å². The standard InChI is InChI=1S/C12H18N6O/c1-8-5-13-16-10(8)6-18-3-4-19-11(7-18)12-14-9(2)15-17-12/h5,11H,3-4,6-7H2,1-2H3,(H,13,16)(H,14,15,17). The summed E-state index contributed by atoms with van der Waals surface area (Å²) in [5, 5.41) is 14.1. The summed E-state index contributed by atoms with van der Waals surface area (Å²) in [4.78, 5) is 6.68. The van der Waals surface area contributed by atoms with Gasteiger partial charge < -0.3 is 4.74 Å². The van der Waals surface area contributed by atoms with E-state index in [1.807, 2.05) is 13.1 Å². The van der Waals surface area contributed by atoms with Crippen molar-refractivity contribution in [3.63, 3.8) is 0 Å². The maximum Gasteiger partial charge on any atom is 0.180 e. The topological polar surface area (TPSA) is 82.7 Å². The Hall–Kier alpha value is -1.73. The molecule has 7 heteroatoms. The van der Waals surface area contributed by atoms with E-state index in [1.54, 1.807) is 0 Å². The Bertz CT molecular complexity index is 548. The first-order valence-corrected chi connectivity index (χ1v) is 6.44. The van der Waals surface area contributed by atoms with Gasteiger partial charge in [-0.1, -0.05) is 0 Å². The number of rotatable bonds is 3. The van der Waals surface area contributed by atoms with E-state index in [-0.39, 0.29) is 6.10 Å². The van der Waals surface area contributed by atoms with Crippen LogP contribution in [0.2, 0.25) is 0 Å². The van der Waals surface area contributed by atoms with Gasteiger partial charge in [-0.05, 0) is 19.4 Å². The van der Waals surface area contributed by atoms with E-state index in [2.05, 4.69) is 37.2 Å². The van der Waals surface area contributed by atoms with Gasteiger partial charge in [0.15, 0.2) is 5.82 Å². The highest BCUT2D eigenvalue weighted by molar-refractivity contribution is 5.13. The molecule has 0 bridgehead atoms. The summed E-state index contributed by atoms with van der Waals surface area (Å²) in [5.74, 6) is 1.56. The van der Waals surface area contributed by atoms with Crippen molar-refractivity contribution in [2.45, 2.75) is 26.5 Å². The molecule has 7 nitrogen and oxygen atoms in total. The van der Waals surface area contributed by atoms with Crippen LogP contribution in [0.3, 0.4) is 0 Å². The van der Waals surface area contributed by atoms with E-state index in [0.29, 0.717) is 6.61 Å². The summed E-state index contributed by atoms with van der Waals surface area (Å²) in [5.41, 5.74) is 2.35. The van der Waals surface area contributed by atoms with Crippen LogP contribution in [-0.4, -0.2) is 50.0 Å². The van der Waals surface area contributed by atoms with E-state index in [1.165, 1.54) is 5.56 Å². The average Bonchev–Trinajstić information content (AvgIpc) is 3.00. The number of H-pyrrole nitrogens is 2. The Balaban J connectivity index is 1.66. The van der Waals surface area contributed by atoms with E-state index >= 15 is 0 Å². The van der Waals surface area contributed by atoms with Gasteiger partial charge in [0.2, 0.25) is 0 Å². The molecule has 3 heterocycles. The second kappa shape index (κ2) is 5.10. The van der Waals surface area contributed by atoms with Crippen LogP contribution in [0.5, 0.6) is 0 Å². The lowest BCUT2D eigenvalue weighted by molar-refractivity contribution is -0.0374. The van der Waals surface area contributed by atoms with Gasteiger partial charge in [0, 0.05) is 19.6 Å². The van der Waals surface area contributed by atoms with Crippen molar-refractivity contribution >= 4 is 0 Å². The number of ether oxygens (including phenoxy) is 1. The molecule has 2 N–H and O–H groups in total. The Morgan fingerprint density at radius 1 is 1.42 bits per heavy atom. The number of aryl methyl sites for hydroxylation is 2. The number of aromatic nitrogens is 5. The maximum atomic E-state index is 5.74. The van der Waals surface area contributed by atoms with Crippen molar-refractivity contribution in [1.29, 1.82) is 0 Å². The molecule has 3 rings (SSSR count). The molecule has 0 amide bonds. The molecular formula is C12H18N6O. The summed E-state index contributed by atoms with van der Waals surface area (Å²) in [6.07, 6.45) is 1.80.